The lowest BCUT2D eigenvalue weighted by Gasteiger charge is -2.23. The molecule has 1 aromatic rings. The number of aromatic nitrogens is 2. The quantitative estimate of drug-likeness (QED) is 0.743. The SMILES string of the molecule is COc1cncc(NCC2CNCCO2)n1. The van der Waals surface area contributed by atoms with Crippen LogP contribution in [0.15, 0.2) is 12.4 Å². The Morgan fingerprint density at radius 3 is 3.31 bits per heavy atom. The van der Waals surface area contributed by atoms with Crippen LogP contribution in [-0.4, -0.2) is 49.4 Å². The highest BCUT2D eigenvalue weighted by Crippen LogP contribution is 2.08. The first-order valence-corrected chi connectivity index (χ1v) is 5.30. The molecule has 0 radical (unpaired) electrons. The third-order valence-electron chi connectivity index (χ3n) is 2.34. The van der Waals surface area contributed by atoms with Gasteiger partial charge in [-0.1, -0.05) is 0 Å². The summed E-state index contributed by atoms with van der Waals surface area (Å²) in [4.78, 5) is 8.22. The standard InChI is InChI=1S/C10H16N4O2/c1-15-10-7-12-6-9(14-10)13-5-8-4-11-2-3-16-8/h6-8,11H,2-5H2,1H3,(H,13,14). The van der Waals surface area contributed by atoms with Crippen molar-refractivity contribution in [1.29, 1.82) is 0 Å². The van der Waals surface area contributed by atoms with Crippen LogP contribution < -0.4 is 15.4 Å². The second-order valence-corrected chi connectivity index (χ2v) is 3.52. The van der Waals surface area contributed by atoms with E-state index in [1.165, 1.54) is 0 Å². The first-order valence-electron chi connectivity index (χ1n) is 5.30. The van der Waals surface area contributed by atoms with E-state index < -0.39 is 0 Å². The van der Waals surface area contributed by atoms with Crippen LogP contribution in [-0.2, 0) is 4.74 Å². The molecule has 1 aliphatic heterocycles. The van der Waals surface area contributed by atoms with Gasteiger partial charge in [-0.15, -0.1) is 0 Å². The Morgan fingerprint density at radius 1 is 1.62 bits per heavy atom. The number of nitrogens with one attached hydrogen (secondary N) is 2. The average Bonchev–Trinajstić information content (AvgIpc) is 2.38. The first-order chi connectivity index (χ1) is 7.88. The average molecular weight is 224 g/mol. The van der Waals surface area contributed by atoms with Crippen LogP contribution in [0.25, 0.3) is 0 Å². The van der Waals surface area contributed by atoms with E-state index >= 15 is 0 Å². The molecule has 2 heterocycles. The minimum atomic E-state index is 0.182. The zero-order valence-corrected chi connectivity index (χ0v) is 9.27. The Labute approximate surface area is 94.4 Å². The predicted octanol–water partition coefficient (Wildman–Crippen LogP) is -0.115. The molecule has 1 aromatic heterocycles. The number of anilines is 1. The van der Waals surface area contributed by atoms with Crippen molar-refractivity contribution in [3.63, 3.8) is 0 Å². The number of nitrogens with zero attached hydrogens (tertiary/aromatic N) is 2. The minimum Gasteiger partial charge on any atom is -0.480 e. The minimum absolute atomic E-state index is 0.182. The maximum Gasteiger partial charge on any atom is 0.233 e. The molecule has 6 nitrogen and oxygen atoms in total. The molecular weight excluding hydrogens is 208 g/mol. The highest BCUT2D eigenvalue weighted by Gasteiger charge is 2.12. The number of hydrogen-bond acceptors (Lipinski definition) is 6. The van der Waals surface area contributed by atoms with Gasteiger partial charge < -0.3 is 20.1 Å². The molecule has 6 heteroatoms. The van der Waals surface area contributed by atoms with Gasteiger partial charge in [0.1, 0.15) is 5.82 Å². The second kappa shape index (κ2) is 5.62. The van der Waals surface area contributed by atoms with E-state index in [4.69, 9.17) is 9.47 Å². The van der Waals surface area contributed by atoms with Crippen molar-refractivity contribution < 1.29 is 9.47 Å². The number of methoxy groups -OCH3 is 1. The van der Waals surface area contributed by atoms with Gasteiger partial charge in [0.15, 0.2) is 0 Å². The summed E-state index contributed by atoms with van der Waals surface area (Å²) in [5.74, 6) is 1.21. The van der Waals surface area contributed by atoms with Crippen molar-refractivity contribution in [2.75, 3.05) is 38.7 Å². The van der Waals surface area contributed by atoms with Gasteiger partial charge in [-0.25, -0.2) is 0 Å². The molecule has 0 saturated carbocycles. The maximum atomic E-state index is 5.55. The normalized spacial score (nSPS) is 20.4. The molecule has 2 N–H and O–H groups in total. The lowest BCUT2D eigenvalue weighted by molar-refractivity contribution is 0.0372. The van der Waals surface area contributed by atoms with Crippen LogP contribution in [0.2, 0.25) is 0 Å². The second-order valence-electron chi connectivity index (χ2n) is 3.52. The van der Waals surface area contributed by atoms with E-state index in [1.54, 1.807) is 19.5 Å². The molecule has 0 aliphatic carbocycles. The number of rotatable bonds is 4. The van der Waals surface area contributed by atoms with E-state index in [-0.39, 0.29) is 6.10 Å². The summed E-state index contributed by atoms with van der Waals surface area (Å²) < 4.78 is 10.5. The predicted molar refractivity (Wildman–Crippen MR) is 59.7 cm³/mol. The molecule has 88 valence electrons. The largest absolute Gasteiger partial charge is 0.480 e. The Kier molecular flexibility index (Phi) is 3.90. The number of ether oxygens (including phenoxy) is 2. The summed E-state index contributed by atoms with van der Waals surface area (Å²) in [5, 5.41) is 6.44. The van der Waals surface area contributed by atoms with Crippen LogP contribution >= 0.6 is 0 Å². The van der Waals surface area contributed by atoms with Crippen LogP contribution in [0.1, 0.15) is 0 Å². The van der Waals surface area contributed by atoms with Crippen molar-refractivity contribution in [3.05, 3.63) is 12.4 Å². The van der Waals surface area contributed by atoms with Gasteiger partial charge in [-0.3, -0.25) is 4.98 Å². The number of morpholine rings is 1. The Hall–Kier alpha value is -1.40. The van der Waals surface area contributed by atoms with Crippen LogP contribution in [0, 0.1) is 0 Å². The molecule has 1 saturated heterocycles. The fourth-order valence-corrected chi connectivity index (χ4v) is 1.50. The number of hydrogen-bond donors (Lipinski definition) is 2. The van der Waals surface area contributed by atoms with Crippen molar-refractivity contribution in [1.82, 2.24) is 15.3 Å². The highest BCUT2D eigenvalue weighted by molar-refractivity contribution is 5.33. The van der Waals surface area contributed by atoms with Gasteiger partial charge in [-0.05, 0) is 0 Å². The fraction of sp³-hybridized carbons (Fsp3) is 0.600. The molecule has 1 aliphatic rings. The molecule has 1 atom stereocenters. The summed E-state index contributed by atoms with van der Waals surface area (Å²) in [6.45, 7) is 3.27. The van der Waals surface area contributed by atoms with E-state index in [2.05, 4.69) is 20.6 Å². The zero-order chi connectivity index (χ0) is 11.2. The molecule has 1 unspecified atom stereocenters. The van der Waals surface area contributed by atoms with Crippen molar-refractivity contribution in [3.8, 4) is 5.88 Å². The molecule has 0 amide bonds. The smallest absolute Gasteiger partial charge is 0.233 e. The van der Waals surface area contributed by atoms with E-state index in [0.29, 0.717) is 11.7 Å². The van der Waals surface area contributed by atoms with Gasteiger partial charge in [0, 0.05) is 19.6 Å². The van der Waals surface area contributed by atoms with Crippen LogP contribution in [0.4, 0.5) is 5.82 Å². The summed E-state index contributed by atoms with van der Waals surface area (Å²) in [7, 11) is 1.57. The molecular formula is C10H16N4O2. The molecule has 16 heavy (non-hydrogen) atoms. The molecule has 0 aromatic carbocycles. The summed E-state index contributed by atoms with van der Waals surface area (Å²) in [6, 6.07) is 0. The van der Waals surface area contributed by atoms with Crippen molar-refractivity contribution in [2.45, 2.75) is 6.10 Å². The van der Waals surface area contributed by atoms with Gasteiger partial charge in [-0.2, -0.15) is 4.98 Å². The fourth-order valence-electron chi connectivity index (χ4n) is 1.50. The zero-order valence-electron chi connectivity index (χ0n) is 9.27. The van der Waals surface area contributed by atoms with E-state index in [0.717, 1.165) is 26.2 Å². The van der Waals surface area contributed by atoms with E-state index in [1.807, 2.05) is 0 Å². The summed E-state index contributed by atoms with van der Waals surface area (Å²) in [6.07, 6.45) is 3.42. The maximum absolute atomic E-state index is 5.55. The third-order valence-corrected chi connectivity index (χ3v) is 2.34. The van der Waals surface area contributed by atoms with Crippen LogP contribution in [0.3, 0.4) is 0 Å². The first kappa shape index (κ1) is 11.1. The van der Waals surface area contributed by atoms with Gasteiger partial charge >= 0.3 is 0 Å². The Balaban J connectivity index is 1.83. The molecule has 0 spiro atoms. The Morgan fingerprint density at radius 2 is 2.56 bits per heavy atom. The van der Waals surface area contributed by atoms with Crippen LogP contribution in [0.5, 0.6) is 5.88 Å². The van der Waals surface area contributed by atoms with Gasteiger partial charge in [0.25, 0.3) is 0 Å². The van der Waals surface area contributed by atoms with Gasteiger partial charge in [0.05, 0.1) is 32.2 Å². The Bertz CT molecular complexity index is 328. The topological polar surface area (TPSA) is 68.3 Å². The lowest BCUT2D eigenvalue weighted by Crippen LogP contribution is -2.42. The third kappa shape index (κ3) is 3.04. The van der Waals surface area contributed by atoms with Crippen molar-refractivity contribution >= 4 is 5.82 Å². The summed E-state index contributed by atoms with van der Waals surface area (Å²) in [5.41, 5.74) is 0. The molecule has 0 bridgehead atoms. The highest BCUT2D eigenvalue weighted by atomic mass is 16.5. The monoisotopic (exact) mass is 224 g/mol. The van der Waals surface area contributed by atoms with Gasteiger partial charge in [0.2, 0.25) is 5.88 Å². The van der Waals surface area contributed by atoms with Crippen molar-refractivity contribution in [2.24, 2.45) is 0 Å². The molecule has 1 fully saturated rings. The molecule has 2 rings (SSSR count). The lowest BCUT2D eigenvalue weighted by atomic mass is 10.3. The van der Waals surface area contributed by atoms with E-state index in [9.17, 15) is 0 Å². The summed E-state index contributed by atoms with van der Waals surface area (Å²) >= 11 is 0.